The van der Waals surface area contributed by atoms with Crippen LogP contribution < -0.4 is 5.32 Å². The van der Waals surface area contributed by atoms with E-state index in [1.807, 2.05) is 6.92 Å². The zero-order valence-electron chi connectivity index (χ0n) is 10.6. The molecular weight excluding hydrogens is 327 g/mol. The molecule has 0 fully saturated rings. The SMILES string of the molecule is CC(Nc1cccc([N+](=O)[O-])c1)c1ccc(F)cc1Br. The van der Waals surface area contributed by atoms with Crippen molar-refractivity contribution in [2.75, 3.05) is 5.32 Å². The lowest BCUT2D eigenvalue weighted by molar-refractivity contribution is -0.384. The molecule has 0 aliphatic heterocycles. The standard InChI is InChI=1S/C14H12BrFN2O2/c1-9(13-6-5-10(16)7-14(13)15)17-11-3-2-4-12(8-11)18(19)20/h2-9,17H,1H3. The highest BCUT2D eigenvalue weighted by atomic mass is 79.9. The van der Waals surface area contributed by atoms with Crippen molar-refractivity contribution >= 4 is 27.3 Å². The molecule has 0 amide bonds. The number of nitrogens with one attached hydrogen (secondary N) is 1. The first-order chi connectivity index (χ1) is 9.47. The summed E-state index contributed by atoms with van der Waals surface area (Å²) in [6.45, 7) is 1.90. The van der Waals surface area contributed by atoms with Gasteiger partial charge >= 0.3 is 0 Å². The van der Waals surface area contributed by atoms with Crippen molar-refractivity contribution in [2.24, 2.45) is 0 Å². The predicted molar refractivity (Wildman–Crippen MR) is 79.2 cm³/mol. The second-order valence-corrected chi connectivity index (χ2v) is 5.19. The zero-order chi connectivity index (χ0) is 14.7. The van der Waals surface area contributed by atoms with Crippen LogP contribution in [0.4, 0.5) is 15.8 Å². The molecule has 1 N–H and O–H groups in total. The number of benzene rings is 2. The summed E-state index contributed by atoms with van der Waals surface area (Å²) in [5.74, 6) is -0.317. The summed E-state index contributed by atoms with van der Waals surface area (Å²) < 4.78 is 13.7. The van der Waals surface area contributed by atoms with Crippen LogP contribution in [0.15, 0.2) is 46.9 Å². The minimum absolute atomic E-state index is 0.0281. The van der Waals surface area contributed by atoms with Crippen LogP contribution in [0.3, 0.4) is 0 Å². The van der Waals surface area contributed by atoms with Crippen molar-refractivity contribution in [3.8, 4) is 0 Å². The molecule has 0 aliphatic carbocycles. The maximum Gasteiger partial charge on any atom is 0.271 e. The predicted octanol–water partition coefficient (Wildman–Crippen LogP) is 4.67. The Hall–Kier alpha value is -1.95. The van der Waals surface area contributed by atoms with Crippen molar-refractivity contribution < 1.29 is 9.31 Å². The lowest BCUT2D eigenvalue weighted by atomic mass is 10.1. The summed E-state index contributed by atoms with van der Waals surface area (Å²) in [7, 11) is 0. The molecule has 2 aromatic carbocycles. The quantitative estimate of drug-likeness (QED) is 0.651. The first-order valence-electron chi connectivity index (χ1n) is 5.93. The van der Waals surface area contributed by atoms with Crippen LogP contribution in [0.25, 0.3) is 0 Å². The van der Waals surface area contributed by atoms with Gasteiger partial charge < -0.3 is 5.32 Å². The topological polar surface area (TPSA) is 55.2 Å². The summed E-state index contributed by atoms with van der Waals surface area (Å²) in [4.78, 5) is 10.3. The van der Waals surface area contributed by atoms with Gasteiger partial charge in [0.25, 0.3) is 5.69 Å². The first kappa shape index (κ1) is 14.5. The molecule has 1 atom stereocenters. The van der Waals surface area contributed by atoms with Gasteiger partial charge in [-0.3, -0.25) is 10.1 Å². The largest absolute Gasteiger partial charge is 0.378 e. The third-order valence-electron chi connectivity index (χ3n) is 2.87. The number of hydrogen-bond acceptors (Lipinski definition) is 3. The summed E-state index contributed by atoms with van der Waals surface area (Å²) in [6.07, 6.45) is 0. The molecule has 20 heavy (non-hydrogen) atoms. The molecule has 2 rings (SSSR count). The Kier molecular flexibility index (Phi) is 4.34. The van der Waals surface area contributed by atoms with E-state index >= 15 is 0 Å². The maximum absolute atomic E-state index is 13.1. The normalized spacial score (nSPS) is 11.9. The minimum atomic E-state index is -0.441. The number of nitro groups is 1. The second kappa shape index (κ2) is 6.00. The van der Waals surface area contributed by atoms with Crippen molar-refractivity contribution in [2.45, 2.75) is 13.0 Å². The van der Waals surface area contributed by atoms with E-state index in [0.717, 1.165) is 5.56 Å². The van der Waals surface area contributed by atoms with Crippen LogP contribution in [0.5, 0.6) is 0 Å². The molecular formula is C14H12BrFN2O2. The lowest BCUT2D eigenvalue weighted by Gasteiger charge is -2.17. The lowest BCUT2D eigenvalue weighted by Crippen LogP contribution is -2.07. The third kappa shape index (κ3) is 3.33. The van der Waals surface area contributed by atoms with Crippen molar-refractivity contribution in [3.05, 3.63) is 68.4 Å². The molecule has 0 saturated carbocycles. The van der Waals surface area contributed by atoms with Crippen LogP contribution in [0.1, 0.15) is 18.5 Å². The number of nitrogens with zero attached hydrogens (tertiary/aromatic N) is 1. The van der Waals surface area contributed by atoms with Gasteiger partial charge in [0.15, 0.2) is 0 Å². The number of rotatable bonds is 4. The summed E-state index contributed by atoms with van der Waals surface area (Å²) in [5.41, 5.74) is 1.54. The highest BCUT2D eigenvalue weighted by Gasteiger charge is 2.12. The molecule has 0 bridgehead atoms. The third-order valence-corrected chi connectivity index (χ3v) is 3.56. The summed E-state index contributed by atoms with van der Waals surface area (Å²) >= 11 is 3.31. The van der Waals surface area contributed by atoms with Crippen molar-refractivity contribution in [3.63, 3.8) is 0 Å². The Morgan fingerprint density at radius 2 is 2.05 bits per heavy atom. The highest BCUT2D eigenvalue weighted by molar-refractivity contribution is 9.10. The fourth-order valence-electron chi connectivity index (χ4n) is 1.89. The van der Waals surface area contributed by atoms with E-state index in [1.165, 1.54) is 24.3 Å². The zero-order valence-corrected chi connectivity index (χ0v) is 12.2. The van der Waals surface area contributed by atoms with E-state index in [4.69, 9.17) is 0 Å². The van der Waals surface area contributed by atoms with Gasteiger partial charge in [0.1, 0.15) is 5.82 Å². The van der Waals surface area contributed by atoms with Gasteiger partial charge in [0.05, 0.1) is 4.92 Å². The monoisotopic (exact) mass is 338 g/mol. The number of hydrogen-bond donors (Lipinski definition) is 1. The van der Waals surface area contributed by atoms with Crippen LogP contribution in [0.2, 0.25) is 0 Å². The molecule has 2 aromatic rings. The molecule has 1 unspecified atom stereocenters. The summed E-state index contributed by atoms with van der Waals surface area (Å²) in [6, 6.07) is 10.6. The Morgan fingerprint density at radius 1 is 1.30 bits per heavy atom. The van der Waals surface area contributed by atoms with Crippen LogP contribution in [-0.2, 0) is 0 Å². The molecule has 4 nitrogen and oxygen atoms in total. The van der Waals surface area contributed by atoms with E-state index in [1.54, 1.807) is 18.2 Å². The fraction of sp³-hybridized carbons (Fsp3) is 0.143. The number of non-ortho nitro benzene ring substituents is 1. The molecule has 0 spiro atoms. The highest BCUT2D eigenvalue weighted by Crippen LogP contribution is 2.28. The Morgan fingerprint density at radius 3 is 2.70 bits per heavy atom. The van der Waals surface area contributed by atoms with Crippen LogP contribution in [-0.4, -0.2) is 4.92 Å². The van der Waals surface area contributed by atoms with Gasteiger partial charge in [-0.05, 0) is 30.7 Å². The smallest absolute Gasteiger partial charge is 0.271 e. The molecule has 0 radical (unpaired) electrons. The average molecular weight is 339 g/mol. The van der Waals surface area contributed by atoms with Crippen molar-refractivity contribution in [1.29, 1.82) is 0 Å². The maximum atomic E-state index is 13.1. The van der Waals surface area contributed by atoms with Gasteiger partial charge in [0.2, 0.25) is 0 Å². The van der Waals surface area contributed by atoms with E-state index in [0.29, 0.717) is 10.2 Å². The van der Waals surface area contributed by atoms with Gasteiger partial charge in [0, 0.05) is 28.3 Å². The van der Waals surface area contributed by atoms with E-state index in [2.05, 4.69) is 21.2 Å². The Labute approximate surface area is 123 Å². The number of halogens is 2. The molecule has 0 aromatic heterocycles. The van der Waals surface area contributed by atoms with Gasteiger partial charge in [-0.15, -0.1) is 0 Å². The van der Waals surface area contributed by atoms with Gasteiger partial charge in [-0.25, -0.2) is 4.39 Å². The van der Waals surface area contributed by atoms with Crippen LogP contribution in [0, 0.1) is 15.9 Å². The van der Waals surface area contributed by atoms with Gasteiger partial charge in [-0.2, -0.15) is 0 Å². The summed E-state index contributed by atoms with van der Waals surface area (Å²) in [5, 5.41) is 13.9. The average Bonchev–Trinajstić information content (AvgIpc) is 2.38. The second-order valence-electron chi connectivity index (χ2n) is 4.34. The molecule has 0 aliphatic rings. The molecule has 6 heteroatoms. The molecule has 0 saturated heterocycles. The van der Waals surface area contributed by atoms with E-state index in [9.17, 15) is 14.5 Å². The Balaban J connectivity index is 2.21. The number of anilines is 1. The minimum Gasteiger partial charge on any atom is -0.378 e. The molecule has 104 valence electrons. The van der Waals surface area contributed by atoms with Crippen LogP contribution >= 0.6 is 15.9 Å². The number of nitro benzene ring substituents is 1. The van der Waals surface area contributed by atoms with E-state index in [-0.39, 0.29) is 17.5 Å². The van der Waals surface area contributed by atoms with Gasteiger partial charge in [-0.1, -0.05) is 28.1 Å². The van der Waals surface area contributed by atoms with E-state index < -0.39 is 4.92 Å². The first-order valence-corrected chi connectivity index (χ1v) is 6.72. The van der Waals surface area contributed by atoms with Crippen molar-refractivity contribution in [1.82, 2.24) is 0 Å². The molecule has 0 heterocycles. The Bertz CT molecular complexity index is 649. The fourth-order valence-corrected chi connectivity index (χ4v) is 2.58.